The molecule has 5 nitrogen and oxygen atoms in total. The number of anilines is 1. The molecule has 0 bridgehead atoms. The summed E-state index contributed by atoms with van der Waals surface area (Å²) in [6, 6.07) is 11.3. The van der Waals surface area contributed by atoms with E-state index in [1.807, 2.05) is 18.2 Å². The second-order valence-corrected chi connectivity index (χ2v) is 7.22. The maximum absolute atomic E-state index is 13.5. The number of hydrogen-bond donors (Lipinski definition) is 1. The lowest BCUT2D eigenvalue weighted by Gasteiger charge is -2.35. The fourth-order valence-electron chi connectivity index (χ4n) is 3.31. The molecule has 1 heterocycles. The van der Waals surface area contributed by atoms with E-state index in [0.717, 1.165) is 49.6 Å². The molecule has 1 fully saturated rings. The number of carbonyl (C=O) groups excluding carboxylic acids is 1. The van der Waals surface area contributed by atoms with Crippen LogP contribution >= 0.6 is 0 Å². The van der Waals surface area contributed by atoms with Crippen molar-refractivity contribution in [1.82, 2.24) is 10.2 Å². The summed E-state index contributed by atoms with van der Waals surface area (Å²) in [7, 11) is 2.12. The van der Waals surface area contributed by atoms with Gasteiger partial charge in [0, 0.05) is 50.9 Å². The van der Waals surface area contributed by atoms with E-state index in [1.54, 1.807) is 0 Å². The smallest absolute Gasteiger partial charge is 0.220 e. The molecule has 29 heavy (non-hydrogen) atoms. The molecule has 2 aromatic carbocycles. The predicted octanol–water partition coefficient (Wildman–Crippen LogP) is 3.19. The van der Waals surface area contributed by atoms with Gasteiger partial charge in [0.25, 0.3) is 0 Å². The highest BCUT2D eigenvalue weighted by atomic mass is 19.1. The molecule has 1 aliphatic heterocycles. The normalized spacial score (nSPS) is 14.7. The summed E-state index contributed by atoms with van der Waals surface area (Å²) in [6.07, 6.45) is 0.724. The standard InChI is InChI=1S/C22H27F2N3O2/c1-26-10-12-27(13-11-26)20-6-3-2-5-17(20)16-25-22(28)7-4-14-29-21-9-8-18(23)15-19(21)24/h2-3,5-6,8-9,15H,4,7,10-14,16H2,1H3,(H,25,28). The summed E-state index contributed by atoms with van der Waals surface area (Å²) in [5.74, 6) is -1.48. The van der Waals surface area contributed by atoms with Gasteiger partial charge in [0.2, 0.25) is 5.91 Å². The first kappa shape index (κ1) is 21.0. The largest absolute Gasteiger partial charge is 0.491 e. The number of piperazine rings is 1. The fraction of sp³-hybridized carbons (Fsp3) is 0.409. The maximum Gasteiger partial charge on any atom is 0.220 e. The van der Waals surface area contributed by atoms with Gasteiger partial charge in [-0.25, -0.2) is 8.78 Å². The van der Waals surface area contributed by atoms with Crippen LogP contribution in [-0.4, -0.2) is 50.6 Å². The summed E-state index contributed by atoms with van der Waals surface area (Å²) in [5, 5.41) is 2.95. The minimum Gasteiger partial charge on any atom is -0.491 e. The van der Waals surface area contributed by atoms with E-state index in [-0.39, 0.29) is 24.7 Å². The van der Waals surface area contributed by atoms with Crippen LogP contribution < -0.4 is 15.0 Å². The third kappa shape index (κ3) is 6.15. The summed E-state index contributed by atoms with van der Waals surface area (Å²) in [4.78, 5) is 16.8. The van der Waals surface area contributed by atoms with Crippen LogP contribution in [0.5, 0.6) is 5.75 Å². The lowest BCUT2D eigenvalue weighted by molar-refractivity contribution is -0.121. The number of para-hydroxylation sites is 1. The molecular formula is C22H27F2N3O2. The maximum atomic E-state index is 13.5. The molecule has 7 heteroatoms. The summed E-state index contributed by atoms with van der Waals surface area (Å²) >= 11 is 0. The number of nitrogens with one attached hydrogen (secondary N) is 1. The van der Waals surface area contributed by atoms with Gasteiger partial charge in [-0.05, 0) is 37.2 Å². The number of nitrogens with zero attached hydrogens (tertiary/aromatic N) is 2. The highest BCUT2D eigenvalue weighted by Gasteiger charge is 2.17. The monoisotopic (exact) mass is 403 g/mol. The van der Waals surface area contributed by atoms with Crippen LogP contribution in [0.1, 0.15) is 18.4 Å². The fourth-order valence-corrected chi connectivity index (χ4v) is 3.31. The second kappa shape index (κ2) is 10.2. The SMILES string of the molecule is CN1CCN(c2ccccc2CNC(=O)CCCOc2ccc(F)cc2F)CC1. The van der Waals surface area contributed by atoms with Crippen molar-refractivity contribution in [1.29, 1.82) is 0 Å². The Morgan fingerprint density at radius 3 is 2.62 bits per heavy atom. The van der Waals surface area contributed by atoms with Gasteiger partial charge in [-0.2, -0.15) is 0 Å². The number of hydrogen-bond acceptors (Lipinski definition) is 4. The minimum atomic E-state index is -0.741. The van der Waals surface area contributed by atoms with E-state index in [9.17, 15) is 13.6 Å². The number of benzene rings is 2. The van der Waals surface area contributed by atoms with Gasteiger partial charge >= 0.3 is 0 Å². The van der Waals surface area contributed by atoms with E-state index < -0.39 is 11.6 Å². The van der Waals surface area contributed by atoms with Crippen LogP contribution in [0.25, 0.3) is 0 Å². The zero-order chi connectivity index (χ0) is 20.6. The Bertz CT molecular complexity index is 823. The third-order valence-electron chi connectivity index (χ3n) is 5.01. The van der Waals surface area contributed by atoms with Gasteiger partial charge in [0.1, 0.15) is 5.82 Å². The van der Waals surface area contributed by atoms with Crippen LogP contribution in [-0.2, 0) is 11.3 Å². The highest BCUT2D eigenvalue weighted by molar-refractivity contribution is 5.76. The molecule has 0 aliphatic carbocycles. The van der Waals surface area contributed by atoms with E-state index in [2.05, 4.69) is 28.2 Å². The number of carbonyl (C=O) groups is 1. The molecule has 2 aromatic rings. The van der Waals surface area contributed by atoms with Crippen LogP contribution in [0, 0.1) is 11.6 Å². The zero-order valence-electron chi connectivity index (χ0n) is 16.7. The Balaban J connectivity index is 1.42. The molecule has 0 spiro atoms. The molecule has 0 aromatic heterocycles. The van der Waals surface area contributed by atoms with Crippen LogP contribution in [0.2, 0.25) is 0 Å². The molecule has 0 saturated carbocycles. The molecule has 0 atom stereocenters. The van der Waals surface area contributed by atoms with Crippen molar-refractivity contribution in [3.63, 3.8) is 0 Å². The van der Waals surface area contributed by atoms with Crippen LogP contribution in [0.4, 0.5) is 14.5 Å². The Labute approximate surface area is 170 Å². The summed E-state index contributed by atoms with van der Waals surface area (Å²) in [5.41, 5.74) is 2.26. The van der Waals surface area contributed by atoms with Crippen LogP contribution in [0.3, 0.4) is 0 Å². The summed E-state index contributed by atoms with van der Waals surface area (Å²) < 4.78 is 31.7. The van der Waals surface area contributed by atoms with Gasteiger partial charge in [-0.15, -0.1) is 0 Å². The lowest BCUT2D eigenvalue weighted by Crippen LogP contribution is -2.45. The first-order valence-corrected chi connectivity index (χ1v) is 9.89. The lowest BCUT2D eigenvalue weighted by atomic mass is 10.1. The predicted molar refractivity (Wildman–Crippen MR) is 109 cm³/mol. The molecule has 156 valence electrons. The Kier molecular flexibility index (Phi) is 7.41. The molecule has 1 saturated heterocycles. The van der Waals surface area contributed by atoms with Crippen molar-refractivity contribution < 1.29 is 18.3 Å². The van der Waals surface area contributed by atoms with Gasteiger partial charge in [-0.3, -0.25) is 4.79 Å². The Hall–Kier alpha value is -2.67. The quantitative estimate of drug-likeness (QED) is 0.688. The molecule has 1 aliphatic rings. The molecule has 3 rings (SSSR count). The first-order valence-electron chi connectivity index (χ1n) is 9.89. The van der Waals surface area contributed by atoms with Gasteiger partial charge in [0.05, 0.1) is 6.61 Å². The van der Waals surface area contributed by atoms with E-state index in [0.29, 0.717) is 13.0 Å². The number of likely N-dealkylation sites (N-methyl/N-ethyl adjacent to an activating group) is 1. The topological polar surface area (TPSA) is 44.8 Å². The van der Waals surface area contributed by atoms with Crippen molar-refractivity contribution >= 4 is 11.6 Å². The van der Waals surface area contributed by atoms with E-state index >= 15 is 0 Å². The average molecular weight is 403 g/mol. The molecule has 1 N–H and O–H groups in total. The molecule has 1 amide bonds. The van der Waals surface area contributed by atoms with Gasteiger partial charge in [-0.1, -0.05) is 18.2 Å². The van der Waals surface area contributed by atoms with E-state index in [4.69, 9.17) is 4.74 Å². The first-order chi connectivity index (χ1) is 14.0. The summed E-state index contributed by atoms with van der Waals surface area (Å²) in [6.45, 7) is 4.64. The number of rotatable bonds is 8. The number of halogens is 2. The third-order valence-corrected chi connectivity index (χ3v) is 5.01. The van der Waals surface area contributed by atoms with Crippen molar-refractivity contribution in [2.24, 2.45) is 0 Å². The molecule has 0 radical (unpaired) electrons. The molecular weight excluding hydrogens is 376 g/mol. The van der Waals surface area contributed by atoms with E-state index in [1.165, 1.54) is 6.07 Å². The van der Waals surface area contributed by atoms with Gasteiger partial charge in [0.15, 0.2) is 11.6 Å². The molecule has 0 unspecified atom stereocenters. The average Bonchev–Trinajstić information content (AvgIpc) is 2.72. The van der Waals surface area contributed by atoms with Gasteiger partial charge < -0.3 is 19.9 Å². The minimum absolute atomic E-state index is 0.00656. The van der Waals surface area contributed by atoms with Crippen molar-refractivity contribution in [3.8, 4) is 5.75 Å². The van der Waals surface area contributed by atoms with Crippen molar-refractivity contribution in [2.45, 2.75) is 19.4 Å². The Morgan fingerprint density at radius 2 is 1.86 bits per heavy atom. The Morgan fingerprint density at radius 1 is 1.10 bits per heavy atom. The number of amides is 1. The zero-order valence-corrected chi connectivity index (χ0v) is 16.7. The number of ether oxygens (including phenoxy) is 1. The van der Waals surface area contributed by atoms with Crippen molar-refractivity contribution in [2.75, 3.05) is 44.7 Å². The highest BCUT2D eigenvalue weighted by Crippen LogP contribution is 2.22. The second-order valence-electron chi connectivity index (χ2n) is 7.22. The van der Waals surface area contributed by atoms with Crippen LogP contribution in [0.15, 0.2) is 42.5 Å². The van der Waals surface area contributed by atoms with Crippen molar-refractivity contribution in [3.05, 3.63) is 59.7 Å².